The van der Waals surface area contributed by atoms with Crippen LogP contribution in [0.4, 0.5) is 0 Å². The monoisotopic (exact) mass is 473 g/mol. The highest BCUT2D eigenvalue weighted by Gasteiger charge is 2.31. The zero-order chi connectivity index (χ0) is 25.1. The van der Waals surface area contributed by atoms with Gasteiger partial charge in [-0.3, -0.25) is 9.69 Å². The second kappa shape index (κ2) is 10.3. The van der Waals surface area contributed by atoms with Gasteiger partial charge in [-0.1, -0.05) is 30.3 Å². The number of hydrogen-bond acceptors (Lipinski definition) is 7. The Morgan fingerprint density at radius 2 is 2.09 bits per heavy atom. The third-order valence-electron chi connectivity index (χ3n) is 6.30. The van der Waals surface area contributed by atoms with Crippen molar-refractivity contribution in [1.82, 2.24) is 19.9 Å². The van der Waals surface area contributed by atoms with Gasteiger partial charge in [-0.15, -0.1) is 0 Å². The molecule has 8 heteroatoms. The molecule has 0 aliphatic heterocycles. The van der Waals surface area contributed by atoms with Crippen molar-refractivity contribution in [3.63, 3.8) is 0 Å². The van der Waals surface area contributed by atoms with Crippen LogP contribution >= 0.6 is 0 Å². The molecule has 0 unspecified atom stereocenters. The Balaban J connectivity index is 1.62. The number of fused-ring (bicyclic) bond motifs is 1. The summed E-state index contributed by atoms with van der Waals surface area (Å²) in [5.41, 5.74) is 4.44. The maximum absolute atomic E-state index is 12.3. The van der Waals surface area contributed by atoms with Crippen LogP contribution in [-0.2, 0) is 11.2 Å². The first-order chi connectivity index (χ1) is 16.8. The highest BCUT2D eigenvalue weighted by Crippen LogP contribution is 2.40. The minimum atomic E-state index is -0.0309. The highest BCUT2D eigenvalue weighted by molar-refractivity contribution is 5.77. The predicted molar refractivity (Wildman–Crippen MR) is 133 cm³/mol. The van der Waals surface area contributed by atoms with Gasteiger partial charge in [0.25, 0.3) is 5.89 Å². The maximum atomic E-state index is 12.3. The standard InChI is InChI=1S/C27H31N5O3/c1-6-32(16-25(33)31(4)5)23-12-11-20-21(23)8-7-9-22(20)26-29-27(35-30-26)18-10-13-24(34-17(2)3)19(14-18)15-28/h7-10,13-14,17,23H,6,11-12,16H2,1-5H3/t23-/m0/s1. The number of nitrogens with zero attached hydrogens (tertiary/aromatic N) is 5. The van der Waals surface area contributed by atoms with E-state index in [1.165, 1.54) is 11.1 Å². The lowest BCUT2D eigenvalue weighted by Crippen LogP contribution is -2.38. The molecular formula is C27H31N5O3. The smallest absolute Gasteiger partial charge is 0.258 e. The minimum Gasteiger partial charge on any atom is -0.490 e. The Hall–Kier alpha value is -3.70. The SMILES string of the molecule is CCN(CC(=O)N(C)C)[C@H]1CCc2c(-c3noc(-c4ccc(OC(C)C)c(C#N)c4)n3)cccc21. The van der Waals surface area contributed by atoms with Gasteiger partial charge in [0.1, 0.15) is 11.8 Å². The molecule has 1 aliphatic carbocycles. The molecule has 0 saturated carbocycles. The third kappa shape index (κ3) is 5.05. The third-order valence-corrected chi connectivity index (χ3v) is 6.30. The first kappa shape index (κ1) is 24.4. The summed E-state index contributed by atoms with van der Waals surface area (Å²) in [5.74, 6) is 1.50. The number of carbonyl (C=O) groups excluding carboxylic acids is 1. The van der Waals surface area contributed by atoms with Crippen molar-refractivity contribution < 1.29 is 14.1 Å². The molecule has 182 valence electrons. The molecule has 1 heterocycles. The number of nitriles is 1. The van der Waals surface area contributed by atoms with Crippen molar-refractivity contribution >= 4 is 5.91 Å². The fourth-order valence-electron chi connectivity index (χ4n) is 4.54. The van der Waals surface area contributed by atoms with Crippen molar-refractivity contribution in [3.05, 3.63) is 53.1 Å². The summed E-state index contributed by atoms with van der Waals surface area (Å²) in [4.78, 5) is 20.9. The number of benzene rings is 2. The van der Waals surface area contributed by atoms with Gasteiger partial charge in [0.05, 0.1) is 18.2 Å². The molecule has 3 aromatic rings. The molecule has 8 nitrogen and oxygen atoms in total. The molecule has 0 spiro atoms. The van der Waals surface area contributed by atoms with Crippen LogP contribution in [-0.4, -0.2) is 59.1 Å². The van der Waals surface area contributed by atoms with Crippen molar-refractivity contribution in [3.8, 4) is 34.7 Å². The normalized spacial score (nSPS) is 14.7. The van der Waals surface area contributed by atoms with Gasteiger partial charge in [-0.25, -0.2) is 0 Å². The number of rotatable bonds is 8. The van der Waals surface area contributed by atoms with E-state index in [4.69, 9.17) is 9.26 Å². The van der Waals surface area contributed by atoms with Gasteiger partial charge in [-0.05, 0) is 62.6 Å². The topological polar surface area (TPSA) is 95.5 Å². The molecule has 35 heavy (non-hydrogen) atoms. The van der Waals surface area contributed by atoms with Crippen molar-refractivity contribution in [2.45, 2.75) is 45.8 Å². The summed E-state index contributed by atoms with van der Waals surface area (Å²) < 4.78 is 11.3. The van der Waals surface area contributed by atoms with Crippen molar-refractivity contribution in [1.29, 1.82) is 5.26 Å². The number of carbonyl (C=O) groups is 1. The van der Waals surface area contributed by atoms with Gasteiger partial charge < -0.3 is 14.2 Å². The Kier molecular flexibility index (Phi) is 7.17. The molecule has 0 saturated heterocycles. The van der Waals surface area contributed by atoms with E-state index in [2.05, 4.69) is 34.1 Å². The van der Waals surface area contributed by atoms with Crippen molar-refractivity contribution in [2.24, 2.45) is 0 Å². The average molecular weight is 474 g/mol. The fraction of sp³-hybridized carbons (Fsp3) is 0.407. The van der Waals surface area contributed by atoms with Crippen LogP contribution in [0.3, 0.4) is 0 Å². The van der Waals surface area contributed by atoms with Crippen molar-refractivity contribution in [2.75, 3.05) is 27.2 Å². The largest absolute Gasteiger partial charge is 0.490 e. The van der Waals surface area contributed by atoms with Crippen LogP contribution < -0.4 is 4.74 Å². The molecule has 2 aromatic carbocycles. The predicted octanol–water partition coefficient (Wildman–Crippen LogP) is 4.46. The molecule has 1 aliphatic rings. The number of amides is 1. The van der Waals surface area contributed by atoms with Gasteiger partial charge in [0, 0.05) is 31.3 Å². The van der Waals surface area contributed by atoms with E-state index in [-0.39, 0.29) is 18.1 Å². The van der Waals surface area contributed by atoms with Crippen LogP contribution in [0.1, 0.15) is 49.9 Å². The summed E-state index contributed by atoms with van der Waals surface area (Å²) in [5, 5.41) is 13.8. The van der Waals surface area contributed by atoms with Gasteiger partial charge in [0.2, 0.25) is 11.7 Å². The molecule has 0 bridgehead atoms. The Morgan fingerprint density at radius 1 is 1.29 bits per heavy atom. The van der Waals surface area contributed by atoms with E-state index in [0.717, 1.165) is 24.9 Å². The lowest BCUT2D eigenvalue weighted by Gasteiger charge is -2.28. The number of ether oxygens (including phenoxy) is 1. The summed E-state index contributed by atoms with van der Waals surface area (Å²) >= 11 is 0. The summed E-state index contributed by atoms with van der Waals surface area (Å²) in [6.45, 7) is 7.10. The van der Waals surface area contributed by atoms with E-state index >= 15 is 0 Å². The lowest BCUT2D eigenvalue weighted by molar-refractivity contribution is -0.130. The van der Waals surface area contributed by atoms with Crippen LogP contribution in [0.5, 0.6) is 5.75 Å². The fourth-order valence-corrected chi connectivity index (χ4v) is 4.54. The summed E-state index contributed by atoms with van der Waals surface area (Å²) in [7, 11) is 3.57. The molecule has 0 N–H and O–H groups in total. The number of hydrogen-bond donors (Lipinski definition) is 0. The zero-order valence-corrected chi connectivity index (χ0v) is 20.9. The Bertz CT molecular complexity index is 1260. The molecule has 0 radical (unpaired) electrons. The van der Waals surface area contributed by atoms with Gasteiger partial charge >= 0.3 is 0 Å². The minimum absolute atomic E-state index is 0.0309. The summed E-state index contributed by atoms with van der Waals surface area (Å²) in [6.07, 6.45) is 1.79. The average Bonchev–Trinajstić information content (AvgIpc) is 3.50. The first-order valence-electron chi connectivity index (χ1n) is 11.9. The molecule has 4 rings (SSSR count). The second-order valence-corrected chi connectivity index (χ2v) is 9.19. The van der Waals surface area contributed by atoms with Crippen LogP contribution in [0.15, 0.2) is 40.9 Å². The van der Waals surface area contributed by atoms with Crippen LogP contribution in [0.25, 0.3) is 22.8 Å². The van der Waals surface area contributed by atoms with Crippen LogP contribution in [0, 0.1) is 11.3 Å². The van der Waals surface area contributed by atoms with E-state index in [1.807, 2.05) is 32.0 Å². The quantitative estimate of drug-likeness (QED) is 0.477. The number of likely N-dealkylation sites (N-methyl/N-ethyl adjacent to an activating group) is 2. The molecule has 1 aromatic heterocycles. The first-order valence-corrected chi connectivity index (χ1v) is 11.9. The van der Waals surface area contributed by atoms with Gasteiger partial charge in [-0.2, -0.15) is 10.2 Å². The van der Waals surface area contributed by atoms with Crippen LogP contribution in [0.2, 0.25) is 0 Å². The van der Waals surface area contributed by atoms with E-state index < -0.39 is 0 Å². The zero-order valence-electron chi connectivity index (χ0n) is 20.9. The molecule has 1 amide bonds. The maximum Gasteiger partial charge on any atom is 0.258 e. The van der Waals surface area contributed by atoms with E-state index in [0.29, 0.717) is 35.1 Å². The highest BCUT2D eigenvalue weighted by atomic mass is 16.5. The Morgan fingerprint density at radius 3 is 2.77 bits per heavy atom. The summed E-state index contributed by atoms with van der Waals surface area (Å²) in [6, 6.07) is 13.8. The molecule has 1 atom stereocenters. The lowest BCUT2D eigenvalue weighted by atomic mass is 10.0. The number of aromatic nitrogens is 2. The van der Waals surface area contributed by atoms with Gasteiger partial charge in [0.15, 0.2) is 0 Å². The second-order valence-electron chi connectivity index (χ2n) is 9.19. The molecular weight excluding hydrogens is 442 g/mol. The van der Waals surface area contributed by atoms with E-state index in [9.17, 15) is 10.1 Å². The molecule has 0 fully saturated rings. The van der Waals surface area contributed by atoms with E-state index in [1.54, 1.807) is 31.1 Å². The Labute approximate surface area is 206 Å².